The van der Waals surface area contributed by atoms with Gasteiger partial charge in [0, 0.05) is 24.5 Å². The molecule has 32 heavy (non-hydrogen) atoms. The number of sulfonamides is 1. The molecule has 4 rings (SSSR count). The van der Waals surface area contributed by atoms with Gasteiger partial charge in [0.05, 0.1) is 10.9 Å². The lowest BCUT2D eigenvalue weighted by atomic mass is 9.92. The van der Waals surface area contributed by atoms with E-state index in [9.17, 15) is 13.2 Å². The van der Waals surface area contributed by atoms with Gasteiger partial charge in [-0.1, -0.05) is 65.7 Å². The second-order valence-electron chi connectivity index (χ2n) is 8.00. The first kappa shape index (κ1) is 22.5. The van der Waals surface area contributed by atoms with E-state index in [0.717, 1.165) is 22.3 Å². The minimum atomic E-state index is -3.79. The highest BCUT2D eigenvalue weighted by Crippen LogP contribution is 2.36. The molecule has 3 aromatic carbocycles. The number of fused-ring (bicyclic) bond motifs is 1. The average molecular weight is 469 g/mol. The van der Waals surface area contributed by atoms with Crippen molar-refractivity contribution >= 4 is 27.5 Å². The van der Waals surface area contributed by atoms with E-state index in [1.54, 1.807) is 12.1 Å². The molecule has 7 heteroatoms. The molecule has 1 N–H and O–H groups in total. The van der Waals surface area contributed by atoms with E-state index in [-0.39, 0.29) is 17.2 Å². The molecule has 0 saturated carbocycles. The second-order valence-corrected chi connectivity index (χ2v) is 10.3. The Balaban J connectivity index is 1.59. The van der Waals surface area contributed by atoms with Crippen molar-refractivity contribution in [2.75, 3.05) is 6.54 Å². The molecule has 1 amide bonds. The number of benzene rings is 3. The highest BCUT2D eigenvalue weighted by Gasteiger charge is 2.37. The third kappa shape index (κ3) is 4.88. The molecule has 0 fully saturated rings. The number of halogens is 1. The molecule has 0 spiro atoms. The van der Waals surface area contributed by atoms with Crippen molar-refractivity contribution in [3.63, 3.8) is 0 Å². The van der Waals surface area contributed by atoms with Crippen LogP contribution >= 0.6 is 11.6 Å². The lowest BCUT2D eigenvalue weighted by molar-refractivity contribution is -0.122. The van der Waals surface area contributed by atoms with E-state index in [1.165, 1.54) is 16.4 Å². The van der Waals surface area contributed by atoms with E-state index in [2.05, 4.69) is 5.32 Å². The second kappa shape index (κ2) is 9.45. The third-order valence-electron chi connectivity index (χ3n) is 5.73. The van der Waals surface area contributed by atoms with Crippen LogP contribution in [-0.2, 0) is 27.8 Å². The molecule has 3 aromatic rings. The number of carbonyl (C=O) groups excluding carboxylic acids is 1. The molecule has 166 valence electrons. The highest BCUT2D eigenvalue weighted by atomic mass is 35.5. The molecule has 0 aromatic heterocycles. The van der Waals surface area contributed by atoms with Crippen LogP contribution in [0.2, 0.25) is 5.02 Å². The number of hydrogen-bond acceptors (Lipinski definition) is 3. The fraction of sp³-hybridized carbons (Fsp3) is 0.240. The topological polar surface area (TPSA) is 66.5 Å². The summed E-state index contributed by atoms with van der Waals surface area (Å²) in [6, 6.07) is 21.2. The number of amides is 1. The minimum Gasteiger partial charge on any atom is -0.352 e. The number of rotatable bonds is 6. The number of aryl methyl sites for hydroxylation is 1. The Morgan fingerprint density at radius 3 is 2.56 bits per heavy atom. The zero-order valence-electron chi connectivity index (χ0n) is 17.8. The molecule has 1 atom stereocenters. The number of hydrogen-bond donors (Lipinski definition) is 1. The van der Waals surface area contributed by atoms with Crippen LogP contribution in [-0.4, -0.2) is 25.2 Å². The summed E-state index contributed by atoms with van der Waals surface area (Å²) in [5.41, 5.74) is 4.08. The summed E-state index contributed by atoms with van der Waals surface area (Å²) in [4.78, 5) is 13.1. The molecule has 0 unspecified atom stereocenters. The van der Waals surface area contributed by atoms with E-state index >= 15 is 0 Å². The van der Waals surface area contributed by atoms with Gasteiger partial charge in [0.25, 0.3) is 0 Å². The van der Waals surface area contributed by atoms with Crippen molar-refractivity contribution in [2.24, 2.45) is 0 Å². The summed E-state index contributed by atoms with van der Waals surface area (Å²) in [5.74, 6) is -0.190. The standard InChI is InChI=1S/C25H25ClN2O3S/c1-18-5-4-6-19(15-18)17-27-25(29)16-24-23-8-3-2-7-20(23)13-14-28(24)32(30,31)22-11-9-21(26)10-12-22/h2-12,15,24H,13-14,16-17H2,1H3,(H,27,29)/t24-/m1/s1. The average Bonchev–Trinajstić information content (AvgIpc) is 2.78. The van der Waals surface area contributed by atoms with Crippen LogP contribution < -0.4 is 5.32 Å². The molecule has 5 nitrogen and oxygen atoms in total. The van der Waals surface area contributed by atoms with Gasteiger partial charge in [-0.15, -0.1) is 0 Å². The Bertz CT molecular complexity index is 1230. The normalized spacial score (nSPS) is 16.4. The van der Waals surface area contributed by atoms with Crippen molar-refractivity contribution in [3.05, 3.63) is 100 Å². The van der Waals surface area contributed by atoms with Gasteiger partial charge in [0.15, 0.2) is 0 Å². The fourth-order valence-corrected chi connectivity index (χ4v) is 5.87. The predicted octanol–water partition coefficient (Wildman–Crippen LogP) is 4.64. The monoisotopic (exact) mass is 468 g/mol. The third-order valence-corrected chi connectivity index (χ3v) is 7.91. The van der Waals surface area contributed by atoms with Crippen LogP contribution in [0, 0.1) is 6.92 Å². The zero-order chi connectivity index (χ0) is 22.7. The van der Waals surface area contributed by atoms with Gasteiger partial charge >= 0.3 is 0 Å². The maximum absolute atomic E-state index is 13.5. The molecule has 0 radical (unpaired) electrons. The summed E-state index contributed by atoms with van der Waals surface area (Å²) >= 11 is 5.95. The van der Waals surface area contributed by atoms with Crippen LogP contribution in [0.25, 0.3) is 0 Å². The number of nitrogens with one attached hydrogen (secondary N) is 1. The fourth-order valence-electron chi connectivity index (χ4n) is 4.14. The Kier molecular flexibility index (Phi) is 6.65. The Labute approximate surface area is 194 Å². The summed E-state index contributed by atoms with van der Waals surface area (Å²) in [6.07, 6.45) is 0.653. The summed E-state index contributed by atoms with van der Waals surface area (Å²) in [7, 11) is -3.79. The van der Waals surface area contributed by atoms with Crippen LogP contribution in [0.4, 0.5) is 0 Å². The largest absolute Gasteiger partial charge is 0.352 e. The maximum Gasteiger partial charge on any atom is 0.243 e. The molecular weight excluding hydrogens is 444 g/mol. The molecule has 0 saturated heterocycles. The lowest BCUT2D eigenvalue weighted by Gasteiger charge is -2.36. The van der Waals surface area contributed by atoms with Crippen molar-refractivity contribution in [2.45, 2.75) is 37.2 Å². The maximum atomic E-state index is 13.5. The molecule has 1 heterocycles. The molecule has 1 aliphatic heterocycles. The molecule has 1 aliphatic rings. The quantitative estimate of drug-likeness (QED) is 0.573. The van der Waals surface area contributed by atoms with Gasteiger partial charge in [0.2, 0.25) is 15.9 Å². The summed E-state index contributed by atoms with van der Waals surface area (Å²) < 4.78 is 28.4. The van der Waals surface area contributed by atoms with Gasteiger partial charge in [-0.05, 0) is 54.3 Å². The van der Waals surface area contributed by atoms with Crippen LogP contribution in [0.15, 0.2) is 77.7 Å². The molecule has 0 aliphatic carbocycles. The number of nitrogens with zero attached hydrogens (tertiary/aromatic N) is 1. The van der Waals surface area contributed by atoms with Crippen LogP contribution in [0.3, 0.4) is 0 Å². The smallest absolute Gasteiger partial charge is 0.243 e. The van der Waals surface area contributed by atoms with Crippen molar-refractivity contribution in [1.29, 1.82) is 0 Å². The van der Waals surface area contributed by atoms with Gasteiger partial charge < -0.3 is 5.32 Å². The van der Waals surface area contributed by atoms with E-state index < -0.39 is 16.1 Å². The van der Waals surface area contributed by atoms with Gasteiger partial charge in [-0.2, -0.15) is 4.31 Å². The first-order valence-electron chi connectivity index (χ1n) is 10.5. The highest BCUT2D eigenvalue weighted by molar-refractivity contribution is 7.89. The van der Waals surface area contributed by atoms with Crippen molar-refractivity contribution < 1.29 is 13.2 Å². The minimum absolute atomic E-state index is 0.0512. The Hall–Kier alpha value is -2.67. The van der Waals surface area contributed by atoms with Gasteiger partial charge in [-0.25, -0.2) is 8.42 Å². The van der Waals surface area contributed by atoms with Gasteiger partial charge in [-0.3, -0.25) is 4.79 Å². The van der Waals surface area contributed by atoms with Crippen molar-refractivity contribution in [3.8, 4) is 0 Å². The molecular formula is C25H25ClN2O3S. The molecule has 0 bridgehead atoms. The first-order valence-corrected chi connectivity index (χ1v) is 12.3. The first-order chi connectivity index (χ1) is 15.3. The predicted molar refractivity (Wildman–Crippen MR) is 126 cm³/mol. The van der Waals surface area contributed by atoms with Crippen molar-refractivity contribution in [1.82, 2.24) is 9.62 Å². The summed E-state index contributed by atoms with van der Waals surface area (Å²) in [5, 5.41) is 3.42. The van der Waals surface area contributed by atoms with Crippen LogP contribution in [0.5, 0.6) is 0 Å². The van der Waals surface area contributed by atoms with E-state index in [1.807, 2.05) is 55.5 Å². The van der Waals surface area contributed by atoms with Gasteiger partial charge in [0.1, 0.15) is 0 Å². The SMILES string of the molecule is Cc1cccc(CNC(=O)C[C@@H]2c3ccccc3CCN2S(=O)(=O)c2ccc(Cl)cc2)c1. The Morgan fingerprint density at radius 1 is 1.06 bits per heavy atom. The number of carbonyl (C=O) groups is 1. The van der Waals surface area contributed by atoms with E-state index in [4.69, 9.17) is 11.6 Å². The Morgan fingerprint density at radius 2 is 1.81 bits per heavy atom. The zero-order valence-corrected chi connectivity index (χ0v) is 19.4. The van der Waals surface area contributed by atoms with E-state index in [0.29, 0.717) is 24.5 Å². The summed E-state index contributed by atoms with van der Waals surface area (Å²) in [6.45, 7) is 2.72. The lowest BCUT2D eigenvalue weighted by Crippen LogP contribution is -2.42. The van der Waals surface area contributed by atoms with Crippen LogP contribution in [0.1, 0.15) is 34.7 Å².